The van der Waals surface area contributed by atoms with Gasteiger partial charge in [-0.05, 0) is 41.8 Å². The van der Waals surface area contributed by atoms with Gasteiger partial charge in [-0.1, -0.05) is 66.7 Å². The van der Waals surface area contributed by atoms with Crippen LogP contribution in [0.5, 0.6) is 0 Å². The van der Waals surface area contributed by atoms with E-state index in [0.29, 0.717) is 30.7 Å². The lowest BCUT2D eigenvalue weighted by Crippen LogP contribution is -2.41. The van der Waals surface area contributed by atoms with Crippen LogP contribution in [0.4, 0.5) is 9.59 Å². The minimum absolute atomic E-state index is 0.127. The molecule has 2 aromatic carbocycles. The highest BCUT2D eigenvalue weighted by Gasteiger charge is 2.23. The fraction of sp³-hybridized carbons (Fsp3) is 0.269. The smallest absolute Gasteiger partial charge is 0.408 e. The monoisotopic (exact) mass is 480 g/mol. The number of hydrogen-bond donors (Lipinski definition) is 2. The van der Waals surface area contributed by atoms with Gasteiger partial charge < -0.3 is 20.1 Å². The van der Waals surface area contributed by atoms with Crippen LogP contribution in [-0.2, 0) is 22.7 Å². The summed E-state index contributed by atoms with van der Waals surface area (Å²) in [4.78, 5) is 37.6. The molecule has 0 saturated heterocycles. The van der Waals surface area contributed by atoms with Crippen molar-refractivity contribution in [1.29, 1.82) is 0 Å². The average molecular weight is 481 g/mol. The van der Waals surface area contributed by atoms with Crippen molar-refractivity contribution in [3.8, 4) is 0 Å². The van der Waals surface area contributed by atoms with Crippen molar-refractivity contribution >= 4 is 29.3 Å². The minimum Gasteiger partial charge on any atom is -0.445 e. The Balaban J connectivity index is 1.41. The van der Waals surface area contributed by atoms with Gasteiger partial charge in [0.15, 0.2) is 5.78 Å². The third-order valence-corrected chi connectivity index (χ3v) is 5.87. The van der Waals surface area contributed by atoms with Gasteiger partial charge in [-0.3, -0.25) is 4.79 Å². The molecule has 1 heterocycles. The second kappa shape index (κ2) is 13.8. The van der Waals surface area contributed by atoms with Crippen molar-refractivity contribution in [2.45, 2.75) is 38.5 Å². The highest BCUT2D eigenvalue weighted by Crippen LogP contribution is 2.15. The topological polar surface area (TPSA) is 93.7 Å². The van der Waals surface area contributed by atoms with Crippen LogP contribution in [0.3, 0.4) is 0 Å². The summed E-state index contributed by atoms with van der Waals surface area (Å²) in [6, 6.07) is 21.6. The molecule has 0 aliphatic heterocycles. The van der Waals surface area contributed by atoms with E-state index in [1.807, 2.05) is 66.0 Å². The summed E-state index contributed by atoms with van der Waals surface area (Å²) in [6.07, 6.45) is 0.562. The molecule has 178 valence electrons. The van der Waals surface area contributed by atoms with Gasteiger partial charge >= 0.3 is 12.2 Å². The molecule has 0 unspecified atom stereocenters. The fourth-order valence-electron chi connectivity index (χ4n) is 3.20. The van der Waals surface area contributed by atoms with Gasteiger partial charge in [-0.25, -0.2) is 9.59 Å². The summed E-state index contributed by atoms with van der Waals surface area (Å²) < 4.78 is 10.5. The zero-order valence-electron chi connectivity index (χ0n) is 18.8. The number of ketones is 1. The molecule has 3 aromatic rings. The standard InChI is InChI=1S/C26H28N2O5S/c29-24(23-15-9-17-34-23)22(28-26(31)33-19-21-12-5-2-6-13-21)14-7-8-16-27-25(30)32-18-20-10-3-1-4-11-20/h1-6,9-13,15,17,22H,7-8,14,16,18-19H2,(H,27,30)(H,28,31)/t22-/m0/s1. The number of hydrogen-bond acceptors (Lipinski definition) is 6. The van der Waals surface area contributed by atoms with E-state index in [1.54, 1.807) is 12.1 Å². The van der Waals surface area contributed by atoms with Gasteiger partial charge in [0.2, 0.25) is 0 Å². The maximum Gasteiger partial charge on any atom is 0.408 e. The highest BCUT2D eigenvalue weighted by atomic mass is 32.1. The molecule has 7 nitrogen and oxygen atoms in total. The first-order chi connectivity index (χ1) is 16.6. The van der Waals surface area contributed by atoms with E-state index >= 15 is 0 Å². The molecular formula is C26H28N2O5S. The molecule has 0 spiro atoms. The van der Waals surface area contributed by atoms with Gasteiger partial charge in [-0.15, -0.1) is 11.3 Å². The van der Waals surface area contributed by atoms with E-state index in [9.17, 15) is 14.4 Å². The Hall–Kier alpha value is -3.65. The Morgan fingerprint density at radius 2 is 1.38 bits per heavy atom. The van der Waals surface area contributed by atoms with Crippen molar-refractivity contribution in [1.82, 2.24) is 10.6 Å². The van der Waals surface area contributed by atoms with Crippen LogP contribution >= 0.6 is 11.3 Å². The molecule has 2 amide bonds. The molecule has 0 aliphatic carbocycles. The molecule has 0 bridgehead atoms. The van der Waals surface area contributed by atoms with Gasteiger partial charge in [0.1, 0.15) is 13.2 Å². The van der Waals surface area contributed by atoms with Gasteiger partial charge in [-0.2, -0.15) is 0 Å². The Kier molecular flexibility index (Phi) is 10.1. The first-order valence-corrected chi connectivity index (χ1v) is 12.0. The quantitative estimate of drug-likeness (QED) is 0.270. The van der Waals surface area contributed by atoms with Crippen LogP contribution in [0.25, 0.3) is 0 Å². The molecule has 2 N–H and O–H groups in total. The van der Waals surface area contributed by atoms with Gasteiger partial charge in [0.05, 0.1) is 10.9 Å². The number of carbonyl (C=O) groups is 3. The van der Waals surface area contributed by atoms with Crippen LogP contribution < -0.4 is 10.6 Å². The molecule has 1 aromatic heterocycles. The number of carbonyl (C=O) groups excluding carboxylic acids is 3. The maximum atomic E-state index is 12.9. The highest BCUT2D eigenvalue weighted by molar-refractivity contribution is 7.12. The summed E-state index contributed by atoms with van der Waals surface area (Å²) in [6.45, 7) is 0.743. The summed E-state index contributed by atoms with van der Waals surface area (Å²) in [5.74, 6) is -0.151. The largest absolute Gasteiger partial charge is 0.445 e. The Bertz CT molecular complexity index is 1030. The van der Waals surface area contributed by atoms with E-state index in [-0.39, 0.29) is 19.0 Å². The fourth-order valence-corrected chi connectivity index (χ4v) is 3.92. The first kappa shape index (κ1) is 25.0. The van der Waals surface area contributed by atoms with E-state index < -0.39 is 18.2 Å². The number of unbranched alkanes of at least 4 members (excludes halogenated alkanes) is 1. The van der Waals surface area contributed by atoms with Crippen molar-refractivity contribution < 1.29 is 23.9 Å². The predicted molar refractivity (Wildman–Crippen MR) is 131 cm³/mol. The molecule has 34 heavy (non-hydrogen) atoms. The van der Waals surface area contributed by atoms with E-state index in [2.05, 4.69) is 10.6 Å². The number of alkyl carbamates (subject to hydrolysis) is 2. The van der Waals surface area contributed by atoms with Crippen LogP contribution in [0.15, 0.2) is 78.2 Å². The van der Waals surface area contributed by atoms with E-state index in [1.165, 1.54) is 11.3 Å². The summed E-state index contributed by atoms with van der Waals surface area (Å²) in [7, 11) is 0. The lowest BCUT2D eigenvalue weighted by molar-refractivity contribution is 0.0912. The SMILES string of the molecule is O=C(NCCCC[C@H](NC(=O)OCc1ccccc1)C(=O)c1cccs1)OCc1ccccc1. The zero-order valence-corrected chi connectivity index (χ0v) is 19.6. The molecule has 3 rings (SSSR count). The third-order valence-electron chi connectivity index (χ3n) is 4.99. The number of ether oxygens (including phenoxy) is 2. The van der Waals surface area contributed by atoms with Crippen molar-refractivity contribution in [2.24, 2.45) is 0 Å². The summed E-state index contributed by atoms with van der Waals surface area (Å²) in [5.41, 5.74) is 1.78. The first-order valence-electron chi connectivity index (χ1n) is 11.1. The van der Waals surface area contributed by atoms with Crippen molar-refractivity contribution in [2.75, 3.05) is 6.54 Å². The molecule has 1 atom stereocenters. The Labute approximate surface area is 203 Å². The predicted octanol–water partition coefficient (Wildman–Crippen LogP) is 5.32. The van der Waals surface area contributed by atoms with Crippen LogP contribution in [0.1, 0.15) is 40.1 Å². The zero-order chi connectivity index (χ0) is 24.0. The number of thiophene rings is 1. The third kappa shape index (κ3) is 8.71. The van der Waals surface area contributed by atoms with Gasteiger partial charge in [0.25, 0.3) is 0 Å². The van der Waals surface area contributed by atoms with E-state index in [0.717, 1.165) is 11.1 Å². The average Bonchev–Trinajstić information content (AvgIpc) is 3.41. The van der Waals surface area contributed by atoms with E-state index in [4.69, 9.17) is 9.47 Å². The molecular weight excluding hydrogens is 452 g/mol. The molecule has 0 aliphatic rings. The number of nitrogens with one attached hydrogen (secondary N) is 2. The molecule has 0 saturated carbocycles. The van der Waals surface area contributed by atoms with Crippen molar-refractivity contribution in [3.05, 3.63) is 94.2 Å². The molecule has 0 radical (unpaired) electrons. The second-order valence-electron chi connectivity index (χ2n) is 7.58. The van der Waals surface area contributed by atoms with Crippen LogP contribution in [0, 0.1) is 0 Å². The number of benzene rings is 2. The minimum atomic E-state index is -0.702. The normalized spacial score (nSPS) is 11.3. The number of Topliss-reactive ketones (excluding diaryl/α,β-unsaturated/α-hetero) is 1. The van der Waals surface area contributed by atoms with Crippen LogP contribution in [-0.4, -0.2) is 30.6 Å². The lowest BCUT2D eigenvalue weighted by Gasteiger charge is -2.17. The summed E-state index contributed by atoms with van der Waals surface area (Å²) in [5, 5.41) is 7.23. The lowest BCUT2D eigenvalue weighted by atomic mass is 10.0. The Morgan fingerprint density at radius 3 is 1.97 bits per heavy atom. The number of rotatable bonds is 12. The molecule has 0 fully saturated rings. The summed E-state index contributed by atoms with van der Waals surface area (Å²) >= 11 is 1.33. The van der Waals surface area contributed by atoms with Crippen molar-refractivity contribution in [3.63, 3.8) is 0 Å². The second-order valence-corrected chi connectivity index (χ2v) is 8.53. The maximum absolute atomic E-state index is 12.9. The number of amides is 2. The molecule has 8 heteroatoms. The van der Waals surface area contributed by atoms with Crippen LogP contribution in [0.2, 0.25) is 0 Å². The Morgan fingerprint density at radius 1 is 0.765 bits per heavy atom. The van der Waals surface area contributed by atoms with Gasteiger partial charge in [0, 0.05) is 6.54 Å².